The van der Waals surface area contributed by atoms with Gasteiger partial charge in [0.1, 0.15) is 11.0 Å². The van der Waals surface area contributed by atoms with Gasteiger partial charge in [0.15, 0.2) is 11.8 Å². The Labute approximate surface area is 206 Å². The summed E-state index contributed by atoms with van der Waals surface area (Å²) in [7, 11) is 0. The summed E-state index contributed by atoms with van der Waals surface area (Å²) in [6.07, 6.45) is -0.0168. The Kier molecular flexibility index (Phi) is 7.35. The Hall–Kier alpha value is -3.86. The van der Waals surface area contributed by atoms with E-state index in [-0.39, 0.29) is 36.7 Å². The first kappa shape index (κ1) is 24.3. The second-order valence-electron chi connectivity index (χ2n) is 7.85. The quantitative estimate of drug-likeness (QED) is 0.539. The molecular weight excluding hydrogens is 470 g/mol. The van der Waals surface area contributed by atoms with Gasteiger partial charge in [0.05, 0.1) is 5.69 Å². The van der Waals surface area contributed by atoms with E-state index >= 15 is 0 Å². The monoisotopic (exact) mass is 495 g/mol. The maximum Gasteiger partial charge on any atom is 0.262 e. The zero-order valence-corrected chi connectivity index (χ0v) is 20.1. The van der Waals surface area contributed by atoms with E-state index in [9.17, 15) is 19.2 Å². The third kappa shape index (κ3) is 5.80. The number of rotatable bonds is 7. The highest BCUT2D eigenvalue weighted by atomic mass is 32.2. The fourth-order valence-corrected chi connectivity index (χ4v) is 4.81. The number of benzene rings is 2. The van der Waals surface area contributed by atoms with Gasteiger partial charge in [-0.1, -0.05) is 17.8 Å². The Morgan fingerprint density at radius 1 is 1.11 bits per heavy atom. The van der Waals surface area contributed by atoms with Gasteiger partial charge in [-0.3, -0.25) is 19.2 Å². The van der Waals surface area contributed by atoms with Crippen LogP contribution in [-0.2, 0) is 14.4 Å². The number of amides is 4. The van der Waals surface area contributed by atoms with Gasteiger partial charge in [-0.05, 0) is 50.2 Å². The summed E-state index contributed by atoms with van der Waals surface area (Å²) in [4.78, 5) is 55.1. The van der Waals surface area contributed by atoms with Crippen molar-refractivity contribution in [2.45, 2.75) is 25.5 Å². The summed E-state index contributed by atoms with van der Waals surface area (Å²) in [6, 6.07) is 11.4. The molecule has 2 heterocycles. The van der Waals surface area contributed by atoms with Crippen LogP contribution < -0.4 is 20.7 Å². The van der Waals surface area contributed by atoms with Crippen LogP contribution in [0.1, 0.15) is 30.6 Å². The van der Waals surface area contributed by atoms with E-state index in [1.165, 1.54) is 11.8 Å². The molecule has 35 heavy (non-hydrogen) atoms. The third-order valence-electron chi connectivity index (χ3n) is 5.41. The molecule has 2 aromatic carbocycles. The molecular formula is C24H25N5O5S. The molecule has 10 nitrogen and oxygen atoms in total. The fraction of sp³-hybridized carbons (Fsp3) is 0.292. The van der Waals surface area contributed by atoms with Crippen molar-refractivity contribution in [3.8, 4) is 5.75 Å². The van der Waals surface area contributed by atoms with Crippen LogP contribution in [0.2, 0.25) is 0 Å². The summed E-state index contributed by atoms with van der Waals surface area (Å²) in [5.74, 6) is -0.775. The Morgan fingerprint density at radius 3 is 2.66 bits per heavy atom. The third-order valence-corrected chi connectivity index (χ3v) is 6.63. The van der Waals surface area contributed by atoms with Crippen LogP contribution in [0, 0.1) is 0 Å². The molecule has 0 aliphatic carbocycles. The van der Waals surface area contributed by atoms with Crippen LogP contribution in [0.5, 0.6) is 5.75 Å². The van der Waals surface area contributed by atoms with Gasteiger partial charge >= 0.3 is 0 Å². The molecule has 0 bridgehead atoms. The molecule has 0 saturated heterocycles. The van der Waals surface area contributed by atoms with Crippen LogP contribution in [0.15, 0.2) is 47.5 Å². The maximum absolute atomic E-state index is 12.8. The number of nitrogens with one attached hydrogen (secondary N) is 3. The smallest absolute Gasteiger partial charge is 0.262 e. The van der Waals surface area contributed by atoms with Gasteiger partial charge in [-0.25, -0.2) is 0 Å². The predicted octanol–water partition coefficient (Wildman–Crippen LogP) is 2.94. The number of carbonyl (C=O) groups excluding carboxylic acids is 4. The first-order valence-corrected chi connectivity index (χ1v) is 12.1. The molecule has 3 N–H and O–H groups in total. The highest BCUT2D eigenvalue weighted by molar-refractivity contribution is 8.15. The summed E-state index contributed by atoms with van der Waals surface area (Å²) in [5.41, 5.74) is 1.73. The minimum absolute atomic E-state index is 0.0168. The second kappa shape index (κ2) is 10.6. The molecule has 0 radical (unpaired) electrons. The van der Waals surface area contributed by atoms with Crippen LogP contribution in [0.4, 0.5) is 17.1 Å². The van der Waals surface area contributed by atoms with E-state index in [0.717, 1.165) is 13.1 Å². The maximum atomic E-state index is 12.8. The number of hydrogen-bond donors (Lipinski definition) is 3. The minimum Gasteiger partial charge on any atom is -0.482 e. The molecule has 0 spiro atoms. The van der Waals surface area contributed by atoms with Crippen molar-refractivity contribution in [2.24, 2.45) is 4.99 Å². The summed E-state index contributed by atoms with van der Waals surface area (Å²) >= 11 is 1.30. The molecule has 2 aliphatic rings. The lowest BCUT2D eigenvalue weighted by atomic mass is 10.1. The van der Waals surface area contributed by atoms with Crippen molar-refractivity contribution in [1.82, 2.24) is 4.90 Å². The van der Waals surface area contributed by atoms with Crippen LogP contribution >= 0.6 is 11.8 Å². The van der Waals surface area contributed by atoms with E-state index in [4.69, 9.17) is 4.74 Å². The molecule has 2 aromatic rings. The van der Waals surface area contributed by atoms with Gasteiger partial charge in [0.2, 0.25) is 5.91 Å². The normalized spacial score (nSPS) is 16.5. The Bertz CT molecular complexity index is 1210. The summed E-state index contributed by atoms with van der Waals surface area (Å²) in [6.45, 7) is 5.39. The first-order valence-electron chi connectivity index (χ1n) is 11.2. The fourth-order valence-electron chi connectivity index (χ4n) is 3.62. The topological polar surface area (TPSA) is 129 Å². The molecule has 1 atom stereocenters. The van der Waals surface area contributed by atoms with Gasteiger partial charge in [-0.15, -0.1) is 0 Å². The van der Waals surface area contributed by atoms with Crippen molar-refractivity contribution in [2.75, 3.05) is 35.6 Å². The number of hydrogen-bond acceptors (Lipinski definition) is 7. The second-order valence-corrected chi connectivity index (χ2v) is 9.02. The number of fused-ring (bicyclic) bond motifs is 1. The number of anilines is 3. The largest absolute Gasteiger partial charge is 0.482 e. The molecule has 182 valence electrons. The molecule has 0 unspecified atom stereocenters. The van der Waals surface area contributed by atoms with Crippen molar-refractivity contribution in [1.29, 1.82) is 0 Å². The lowest BCUT2D eigenvalue weighted by Gasteiger charge is -2.19. The van der Waals surface area contributed by atoms with Crippen molar-refractivity contribution < 1.29 is 23.9 Å². The van der Waals surface area contributed by atoms with Crippen molar-refractivity contribution >= 4 is 57.6 Å². The first-order chi connectivity index (χ1) is 16.9. The van der Waals surface area contributed by atoms with Gasteiger partial charge in [-0.2, -0.15) is 4.99 Å². The standard InChI is InChI=1S/C24H25N5O5S/c1-3-29(4-2)24-28-23(33)19(35-24)12-20(30)25-15-7-5-6-14(10-15)22(32)26-16-8-9-18-17(11-16)27-21(31)13-34-18/h5-11,19H,3-4,12-13H2,1-2H3,(H,25,30)(H,26,32)(H,27,31)/t19-/m1/s1. The number of nitrogens with zero attached hydrogens (tertiary/aromatic N) is 2. The van der Waals surface area contributed by atoms with Gasteiger partial charge in [0.25, 0.3) is 17.7 Å². The number of thioether (sulfide) groups is 1. The highest BCUT2D eigenvalue weighted by Crippen LogP contribution is 2.31. The lowest BCUT2D eigenvalue weighted by molar-refractivity contribution is -0.121. The summed E-state index contributed by atoms with van der Waals surface area (Å²) in [5, 5.41) is 8.29. The average Bonchev–Trinajstić information content (AvgIpc) is 3.19. The SMILES string of the molecule is CCN(CC)C1=NC(=O)[C@@H](CC(=O)Nc2cccc(C(=O)Nc3ccc4c(c3)NC(=O)CO4)c2)S1. The van der Waals surface area contributed by atoms with E-state index < -0.39 is 5.25 Å². The van der Waals surface area contributed by atoms with Crippen molar-refractivity contribution in [3.63, 3.8) is 0 Å². The molecule has 11 heteroatoms. The van der Waals surface area contributed by atoms with E-state index in [0.29, 0.717) is 33.5 Å². The van der Waals surface area contributed by atoms with Gasteiger partial charge in [0, 0.05) is 36.4 Å². The van der Waals surface area contributed by atoms with Gasteiger partial charge < -0.3 is 25.6 Å². The molecule has 0 saturated carbocycles. The summed E-state index contributed by atoms with van der Waals surface area (Å²) < 4.78 is 5.32. The minimum atomic E-state index is -0.564. The van der Waals surface area contributed by atoms with Crippen LogP contribution in [-0.4, -0.2) is 58.6 Å². The molecule has 2 aliphatic heterocycles. The van der Waals surface area contributed by atoms with Crippen LogP contribution in [0.25, 0.3) is 0 Å². The Balaban J connectivity index is 1.35. The lowest BCUT2D eigenvalue weighted by Crippen LogP contribution is -2.27. The number of ether oxygens (including phenoxy) is 1. The molecule has 0 fully saturated rings. The zero-order valence-electron chi connectivity index (χ0n) is 19.3. The number of amidine groups is 1. The molecule has 0 aromatic heterocycles. The van der Waals surface area contributed by atoms with Crippen LogP contribution in [0.3, 0.4) is 0 Å². The van der Waals surface area contributed by atoms with E-state index in [1.54, 1.807) is 42.5 Å². The Morgan fingerprint density at radius 2 is 1.89 bits per heavy atom. The number of carbonyl (C=O) groups is 4. The predicted molar refractivity (Wildman–Crippen MR) is 135 cm³/mol. The van der Waals surface area contributed by atoms with Crippen molar-refractivity contribution in [3.05, 3.63) is 48.0 Å². The molecule has 4 amide bonds. The average molecular weight is 496 g/mol. The zero-order chi connectivity index (χ0) is 24.9. The van der Waals surface area contributed by atoms with E-state index in [2.05, 4.69) is 20.9 Å². The van der Waals surface area contributed by atoms with E-state index in [1.807, 2.05) is 18.7 Å². The number of aliphatic imine (C=N–C) groups is 1. The highest BCUT2D eigenvalue weighted by Gasteiger charge is 2.32. The molecule has 4 rings (SSSR count).